The molecule has 48 heavy (non-hydrogen) atoms. The molecule has 0 spiro atoms. The van der Waals surface area contributed by atoms with Crippen LogP contribution in [0.15, 0.2) is 55.0 Å². The molecular weight excluding hydrogens is 609 g/mol. The van der Waals surface area contributed by atoms with Gasteiger partial charge in [0.05, 0.1) is 29.6 Å². The van der Waals surface area contributed by atoms with Crippen LogP contribution in [0.1, 0.15) is 55.7 Å². The highest BCUT2D eigenvalue weighted by molar-refractivity contribution is 6.01. The van der Waals surface area contributed by atoms with Crippen molar-refractivity contribution >= 4 is 27.9 Å². The Morgan fingerprint density at radius 2 is 1.81 bits per heavy atom. The number of aryl methyl sites for hydroxylation is 3. The molecule has 4 aromatic heterocycles. The van der Waals surface area contributed by atoms with Crippen molar-refractivity contribution in [3.63, 3.8) is 0 Å². The molecule has 10 heteroatoms. The Morgan fingerprint density at radius 1 is 1.04 bits per heavy atom. The predicted molar refractivity (Wildman–Crippen MR) is 184 cm³/mol. The molecule has 0 bridgehead atoms. The van der Waals surface area contributed by atoms with E-state index >= 15 is 4.39 Å². The van der Waals surface area contributed by atoms with Gasteiger partial charge in [-0.1, -0.05) is 6.07 Å². The number of ether oxygens (including phenoxy) is 2. The monoisotopic (exact) mass is 647 g/mol. The summed E-state index contributed by atoms with van der Waals surface area (Å²) in [5, 5.41) is 16.6. The van der Waals surface area contributed by atoms with E-state index in [0.29, 0.717) is 46.4 Å². The summed E-state index contributed by atoms with van der Waals surface area (Å²) < 4.78 is 31.6. The summed E-state index contributed by atoms with van der Waals surface area (Å²) in [6, 6.07) is 11.7. The second kappa shape index (κ2) is 11.6. The van der Waals surface area contributed by atoms with Gasteiger partial charge in [0, 0.05) is 70.8 Å². The van der Waals surface area contributed by atoms with Crippen molar-refractivity contribution < 1.29 is 23.8 Å². The summed E-state index contributed by atoms with van der Waals surface area (Å²) in [4.78, 5) is 22.5. The molecule has 2 aromatic carbocycles. The molecule has 1 aliphatic heterocycles. The second-order valence-electron chi connectivity index (χ2n) is 13.6. The lowest BCUT2D eigenvalue weighted by molar-refractivity contribution is -0.160. The largest absolute Gasteiger partial charge is 0.490 e. The Labute approximate surface area is 278 Å². The van der Waals surface area contributed by atoms with Gasteiger partial charge in [-0.15, -0.1) is 0 Å². The Morgan fingerprint density at radius 3 is 2.56 bits per heavy atom. The normalized spacial score (nSPS) is 13.9. The molecule has 0 aliphatic carbocycles. The van der Waals surface area contributed by atoms with Crippen molar-refractivity contribution in [2.45, 2.75) is 59.2 Å². The molecule has 6 aromatic rings. The van der Waals surface area contributed by atoms with Crippen LogP contribution < -0.4 is 4.74 Å². The number of carboxylic acid groups (broad SMARTS) is 1. The first-order valence-electron chi connectivity index (χ1n) is 16.1. The molecule has 0 fully saturated rings. The number of rotatable bonds is 6. The highest BCUT2D eigenvalue weighted by Gasteiger charge is 2.34. The Bertz CT molecular complexity index is 2260. The fourth-order valence-corrected chi connectivity index (χ4v) is 6.93. The maximum absolute atomic E-state index is 15.8. The summed E-state index contributed by atoms with van der Waals surface area (Å²) >= 11 is 0. The highest BCUT2D eigenvalue weighted by Crippen LogP contribution is 2.45. The number of carbonyl (C=O) groups is 1. The Kier molecular flexibility index (Phi) is 7.58. The molecule has 9 nitrogen and oxygen atoms in total. The second-order valence-corrected chi connectivity index (χ2v) is 13.6. The van der Waals surface area contributed by atoms with E-state index in [1.807, 2.05) is 75.6 Å². The molecule has 246 valence electrons. The number of aromatic nitrogens is 5. The molecular formula is C38H38FN5O4. The van der Waals surface area contributed by atoms with Gasteiger partial charge < -0.3 is 19.1 Å². The van der Waals surface area contributed by atoms with E-state index in [1.165, 1.54) is 6.07 Å². The quantitative estimate of drug-likeness (QED) is 0.196. The van der Waals surface area contributed by atoms with E-state index in [-0.39, 0.29) is 5.75 Å². The minimum Gasteiger partial charge on any atom is -0.490 e. The molecule has 0 saturated heterocycles. The van der Waals surface area contributed by atoms with Gasteiger partial charge >= 0.3 is 5.97 Å². The molecule has 0 amide bonds. The van der Waals surface area contributed by atoms with Crippen LogP contribution in [0.25, 0.3) is 55.4 Å². The van der Waals surface area contributed by atoms with Crippen molar-refractivity contribution in [3.8, 4) is 39.3 Å². The number of aliphatic carboxylic acids is 1. The Balaban J connectivity index is 1.48. The van der Waals surface area contributed by atoms with Gasteiger partial charge in [0.2, 0.25) is 0 Å². The van der Waals surface area contributed by atoms with Gasteiger partial charge in [0.15, 0.2) is 17.7 Å². The van der Waals surface area contributed by atoms with Crippen LogP contribution in [-0.2, 0) is 30.0 Å². The number of hydrogen-bond donors (Lipinski definition) is 1. The van der Waals surface area contributed by atoms with Crippen LogP contribution in [-0.4, -0.2) is 47.6 Å². The summed E-state index contributed by atoms with van der Waals surface area (Å²) in [5.41, 5.74) is 8.25. The zero-order valence-corrected chi connectivity index (χ0v) is 28.2. The van der Waals surface area contributed by atoms with Gasteiger partial charge in [-0.3, -0.25) is 9.67 Å². The third-order valence-electron chi connectivity index (χ3n) is 9.18. The van der Waals surface area contributed by atoms with E-state index in [4.69, 9.17) is 14.5 Å². The van der Waals surface area contributed by atoms with E-state index in [0.717, 1.165) is 50.8 Å². The van der Waals surface area contributed by atoms with Gasteiger partial charge in [0.25, 0.3) is 0 Å². The fraction of sp³-hybridized carbons (Fsp3) is 0.316. The van der Waals surface area contributed by atoms with Crippen molar-refractivity contribution in [2.24, 2.45) is 14.1 Å². The standard InChI is InChI=1S/C38H38FN5O4/c1-20-26-9-8-12-47-34(26)29(39)15-27(20)33-28-16-31(43(6)36(28)42-21(2)32(33)35(37(45)46)48-38(3,4)5)24-14-23(17-40-18-24)22-10-11-30-25(13-22)19-41-44(30)7/h10-11,13-19,35H,8-9,12H2,1-7H3,(H,45,46)/t35-/m0/s1. The fourth-order valence-electron chi connectivity index (χ4n) is 6.93. The molecule has 0 saturated carbocycles. The number of benzene rings is 2. The zero-order valence-electron chi connectivity index (χ0n) is 28.2. The average Bonchev–Trinajstić information content (AvgIpc) is 3.59. The minimum absolute atomic E-state index is 0.271. The minimum atomic E-state index is -1.34. The van der Waals surface area contributed by atoms with Gasteiger partial charge in [-0.05, 0) is 94.5 Å². The molecule has 1 atom stereocenters. The Hall–Kier alpha value is -5.09. The van der Waals surface area contributed by atoms with Crippen molar-refractivity contribution in [1.29, 1.82) is 0 Å². The smallest absolute Gasteiger partial charge is 0.337 e. The first kappa shape index (κ1) is 31.5. The maximum Gasteiger partial charge on any atom is 0.337 e. The van der Waals surface area contributed by atoms with Crippen LogP contribution in [0.4, 0.5) is 4.39 Å². The number of pyridine rings is 2. The lowest BCUT2D eigenvalue weighted by Crippen LogP contribution is -2.28. The SMILES string of the molecule is Cc1nc2c(cc(-c3cncc(-c4ccc5c(cnn5C)c4)c3)n2C)c(-c2cc(F)c3c(c2C)CCCO3)c1[C@H](OC(C)(C)C)C(=O)O. The zero-order chi connectivity index (χ0) is 34.1. The first-order valence-corrected chi connectivity index (χ1v) is 16.1. The number of nitrogens with zero attached hydrogens (tertiary/aromatic N) is 5. The molecule has 1 N–H and O–H groups in total. The first-order chi connectivity index (χ1) is 22.8. The van der Waals surface area contributed by atoms with Crippen LogP contribution in [0.2, 0.25) is 0 Å². The lowest BCUT2D eigenvalue weighted by Gasteiger charge is -2.29. The van der Waals surface area contributed by atoms with Crippen LogP contribution in [0.5, 0.6) is 5.75 Å². The average molecular weight is 648 g/mol. The van der Waals surface area contributed by atoms with Crippen LogP contribution in [0.3, 0.4) is 0 Å². The predicted octanol–water partition coefficient (Wildman–Crippen LogP) is 7.88. The van der Waals surface area contributed by atoms with E-state index in [9.17, 15) is 9.90 Å². The van der Waals surface area contributed by atoms with Crippen molar-refractivity contribution in [1.82, 2.24) is 24.3 Å². The number of hydrogen-bond acceptors (Lipinski definition) is 6. The van der Waals surface area contributed by atoms with Crippen LogP contribution >= 0.6 is 0 Å². The number of fused-ring (bicyclic) bond motifs is 3. The van der Waals surface area contributed by atoms with E-state index in [1.54, 1.807) is 13.1 Å². The third-order valence-corrected chi connectivity index (χ3v) is 9.18. The van der Waals surface area contributed by atoms with E-state index in [2.05, 4.69) is 28.3 Å². The van der Waals surface area contributed by atoms with Crippen molar-refractivity contribution in [3.05, 3.63) is 83.2 Å². The lowest BCUT2D eigenvalue weighted by atomic mass is 9.86. The third kappa shape index (κ3) is 5.30. The van der Waals surface area contributed by atoms with Crippen molar-refractivity contribution in [2.75, 3.05) is 6.61 Å². The molecule has 5 heterocycles. The van der Waals surface area contributed by atoms with Gasteiger partial charge in [-0.2, -0.15) is 5.10 Å². The maximum atomic E-state index is 15.8. The van der Waals surface area contributed by atoms with Gasteiger partial charge in [-0.25, -0.2) is 14.2 Å². The molecule has 1 aliphatic rings. The molecule has 0 radical (unpaired) electrons. The van der Waals surface area contributed by atoms with Crippen LogP contribution in [0, 0.1) is 19.7 Å². The number of halogens is 1. The highest BCUT2D eigenvalue weighted by atomic mass is 19.1. The molecule has 0 unspecified atom stereocenters. The van der Waals surface area contributed by atoms with E-state index < -0.39 is 23.5 Å². The molecule has 7 rings (SSSR count). The summed E-state index contributed by atoms with van der Waals surface area (Å²) in [6.07, 6.45) is 5.57. The summed E-state index contributed by atoms with van der Waals surface area (Å²) in [5.74, 6) is -1.34. The topological polar surface area (TPSA) is 104 Å². The summed E-state index contributed by atoms with van der Waals surface area (Å²) in [6.45, 7) is 9.65. The summed E-state index contributed by atoms with van der Waals surface area (Å²) in [7, 11) is 3.85. The van der Waals surface area contributed by atoms with Gasteiger partial charge in [0.1, 0.15) is 5.65 Å². The number of carboxylic acids is 1.